The fraction of sp³-hybridized carbons (Fsp3) is 1.00. The topological polar surface area (TPSA) is 21.3 Å². The van der Waals surface area contributed by atoms with Gasteiger partial charge in [0.25, 0.3) is 0 Å². The lowest BCUT2D eigenvalue weighted by Gasteiger charge is -2.24. The normalized spacial score (nSPS) is 15.4. The molecule has 98 valence electrons. The van der Waals surface area contributed by atoms with Crippen LogP contribution < -0.4 is 5.32 Å². The van der Waals surface area contributed by atoms with Crippen LogP contribution in [0.3, 0.4) is 0 Å². The van der Waals surface area contributed by atoms with Crippen LogP contribution in [0.15, 0.2) is 0 Å². The van der Waals surface area contributed by atoms with Crippen molar-refractivity contribution in [2.75, 3.05) is 20.3 Å². The number of rotatable bonds is 10. The van der Waals surface area contributed by atoms with Gasteiger partial charge in [-0.05, 0) is 24.8 Å². The van der Waals surface area contributed by atoms with E-state index in [1.807, 2.05) is 0 Å². The van der Waals surface area contributed by atoms with Crippen LogP contribution in [0.25, 0.3) is 0 Å². The number of hydrogen-bond acceptors (Lipinski definition) is 2. The smallest absolute Gasteiger partial charge is 0.0618 e. The molecule has 16 heavy (non-hydrogen) atoms. The number of unbranched alkanes of at least 4 members (excludes halogenated alkanes) is 1. The highest BCUT2D eigenvalue weighted by atomic mass is 16.5. The monoisotopic (exact) mass is 229 g/mol. The zero-order valence-electron chi connectivity index (χ0n) is 11.9. The zero-order chi connectivity index (χ0) is 12.4. The number of ether oxygens (including phenoxy) is 1. The summed E-state index contributed by atoms with van der Waals surface area (Å²) in [6.07, 6.45) is 5.31. The van der Waals surface area contributed by atoms with Crippen molar-refractivity contribution in [1.82, 2.24) is 5.32 Å². The number of nitrogens with one attached hydrogen (secondary N) is 1. The van der Waals surface area contributed by atoms with Gasteiger partial charge in [-0.25, -0.2) is 0 Å². The van der Waals surface area contributed by atoms with E-state index in [2.05, 4.69) is 33.0 Å². The largest absolute Gasteiger partial charge is 0.383 e. The van der Waals surface area contributed by atoms with E-state index in [0.29, 0.717) is 12.0 Å². The second-order valence-electron chi connectivity index (χ2n) is 5.13. The Morgan fingerprint density at radius 2 is 1.88 bits per heavy atom. The molecular weight excluding hydrogens is 198 g/mol. The van der Waals surface area contributed by atoms with Crippen LogP contribution in [0, 0.1) is 11.8 Å². The minimum Gasteiger partial charge on any atom is -0.383 e. The highest BCUT2D eigenvalue weighted by Crippen LogP contribution is 2.12. The summed E-state index contributed by atoms with van der Waals surface area (Å²) in [4.78, 5) is 0. The molecule has 0 rings (SSSR count). The van der Waals surface area contributed by atoms with E-state index in [1.54, 1.807) is 7.11 Å². The Morgan fingerprint density at radius 1 is 1.19 bits per heavy atom. The molecule has 0 radical (unpaired) electrons. The summed E-state index contributed by atoms with van der Waals surface area (Å²) in [5.41, 5.74) is 0. The van der Waals surface area contributed by atoms with E-state index in [1.165, 1.54) is 25.7 Å². The Labute approximate surface area is 102 Å². The van der Waals surface area contributed by atoms with Crippen molar-refractivity contribution in [2.45, 2.75) is 59.4 Å². The van der Waals surface area contributed by atoms with Gasteiger partial charge in [-0.2, -0.15) is 0 Å². The van der Waals surface area contributed by atoms with Gasteiger partial charge in [-0.3, -0.25) is 0 Å². The third-order valence-corrected chi connectivity index (χ3v) is 3.36. The van der Waals surface area contributed by atoms with Gasteiger partial charge in [-0.15, -0.1) is 0 Å². The summed E-state index contributed by atoms with van der Waals surface area (Å²) in [5.74, 6) is 1.47. The first kappa shape index (κ1) is 15.9. The number of methoxy groups -OCH3 is 1. The molecule has 0 aliphatic heterocycles. The second kappa shape index (κ2) is 10.1. The first-order valence-corrected chi connectivity index (χ1v) is 6.87. The molecule has 0 heterocycles. The van der Waals surface area contributed by atoms with Crippen LogP contribution in [-0.4, -0.2) is 26.3 Å². The van der Waals surface area contributed by atoms with E-state index in [0.717, 1.165) is 19.1 Å². The van der Waals surface area contributed by atoms with Crippen LogP contribution in [-0.2, 0) is 4.74 Å². The average Bonchev–Trinajstić information content (AvgIpc) is 2.27. The molecule has 0 aromatic carbocycles. The van der Waals surface area contributed by atoms with Crippen molar-refractivity contribution in [2.24, 2.45) is 11.8 Å². The third kappa shape index (κ3) is 7.24. The molecule has 1 N–H and O–H groups in total. The third-order valence-electron chi connectivity index (χ3n) is 3.36. The summed E-state index contributed by atoms with van der Waals surface area (Å²) in [7, 11) is 1.78. The van der Waals surface area contributed by atoms with E-state index in [4.69, 9.17) is 4.74 Å². The molecule has 0 aromatic heterocycles. The fourth-order valence-corrected chi connectivity index (χ4v) is 1.93. The van der Waals surface area contributed by atoms with Crippen LogP contribution >= 0.6 is 0 Å². The summed E-state index contributed by atoms with van der Waals surface area (Å²) < 4.78 is 5.25. The van der Waals surface area contributed by atoms with Crippen molar-refractivity contribution in [1.29, 1.82) is 0 Å². The SMILES string of the molecule is CCCCC(CC)CNC(COC)C(C)C. The van der Waals surface area contributed by atoms with Crippen molar-refractivity contribution in [3.05, 3.63) is 0 Å². The predicted octanol–water partition coefficient (Wildman–Crippen LogP) is 3.46. The summed E-state index contributed by atoms with van der Waals surface area (Å²) in [5, 5.41) is 3.66. The van der Waals surface area contributed by atoms with Crippen molar-refractivity contribution in [3.8, 4) is 0 Å². The molecule has 2 heteroatoms. The Kier molecular flexibility index (Phi) is 10.0. The van der Waals surface area contributed by atoms with Gasteiger partial charge in [0, 0.05) is 13.2 Å². The van der Waals surface area contributed by atoms with Crippen LogP contribution in [0.4, 0.5) is 0 Å². The Hall–Kier alpha value is -0.0800. The van der Waals surface area contributed by atoms with Crippen molar-refractivity contribution in [3.63, 3.8) is 0 Å². The van der Waals surface area contributed by atoms with Crippen LogP contribution in [0.2, 0.25) is 0 Å². The van der Waals surface area contributed by atoms with Gasteiger partial charge >= 0.3 is 0 Å². The van der Waals surface area contributed by atoms with Gasteiger partial charge in [0.1, 0.15) is 0 Å². The van der Waals surface area contributed by atoms with Crippen LogP contribution in [0.5, 0.6) is 0 Å². The van der Waals surface area contributed by atoms with Crippen LogP contribution in [0.1, 0.15) is 53.4 Å². The van der Waals surface area contributed by atoms with Gasteiger partial charge < -0.3 is 10.1 Å². The minimum atomic E-state index is 0.501. The molecule has 2 nitrogen and oxygen atoms in total. The lowest BCUT2D eigenvalue weighted by atomic mass is 9.98. The maximum absolute atomic E-state index is 5.25. The minimum absolute atomic E-state index is 0.501. The van der Waals surface area contributed by atoms with Gasteiger partial charge in [0.2, 0.25) is 0 Å². The lowest BCUT2D eigenvalue weighted by molar-refractivity contribution is 0.143. The highest BCUT2D eigenvalue weighted by molar-refractivity contribution is 4.72. The molecule has 0 aliphatic rings. The molecule has 0 aromatic rings. The standard InChI is InChI=1S/C14H31NO/c1-6-8-9-13(7-2)10-15-14(11-16-5)12(3)4/h12-15H,6-11H2,1-5H3. The highest BCUT2D eigenvalue weighted by Gasteiger charge is 2.14. The molecule has 2 unspecified atom stereocenters. The molecule has 0 fully saturated rings. The average molecular weight is 229 g/mol. The molecule has 0 amide bonds. The summed E-state index contributed by atoms with van der Waals surface area (Å²) in [6.45, 7) is 11.0. The zero-order valence-corrected chi connectivity index (χ0v) is 11.9. The molecule has 0 saturated carbocycles. The molecule has 0 bridgehead atoms. The van der Waals surface area contributed by atoms with E-state index in [-0.39, 0.29) is 0 Å². The predicted molar refractivity (Wildman–Crippen MR) is 71.8 cm³/mol. The fourth-order valence-electron chi connectivity index (χ4n) is 1.93. The van der Waals surface area contributed by atoms with Crippen molar-refractivity contribution >= 4 is 0 Å². The summed E-state index contributed by atoms with van der Waals surface area (Å²) >= 11 is 0. The summed E-state index contributed by atoms with van der Waals surface area (Å²) in [6, 6.07) is 0.501. The Bertz CT molecular complexity index is 148. The first-order valence-electron chi connectivity index (χ1n) is 6.87. The van der Waals surface area contributed by atoms with E-state index < -0.39 is 0 Å². The number of hydrogen-bond donors (Lipinski definition) is 1. The lowest BCUT2D eigenvalue weighted by Crippen LogP contribution is -2.40. The van der Waals surface area contributed by atoms with E-state index >= 15 is 0 Å². The maximum Gasteiger partial charge on any atom is 0.0618 e. The Balaban J connectivity index is 3.86. The Morgan fingerprint density at radius 3 is 2.31 bits per heavy atom. The van der Waals surface area contributed by atoms with Gasteiger partial charge in [0.15, 0.2) is 0 Å². The molecule has 2 atom stereocenters. The molecule has 0 saturated heterocycles. The first-order chi connectivity index (χ1) is 7.65. The molecule has 0 aliphatic carbocycles. The maximum atomic E-state index is 5.25. The van der Waals surface area contributed by atoms with Crippen molar-refractivity contribution < 1.29 is 4.74 Å². The second-order valence-corrected chi connectivity index (χ2v) is 5.13. The molecule has 0 spiro atoms. The molecular formula is C14H31NO. The van der Waals surface area contributed by atoms with Gasteiger partial charge in [-0.1, -0.05) is 47.0 Å². The quantitative estimate of drug-likeness (QED) is 0.619. The van der Waals surface area contributed by atoms with E-state index in [9.17, 15) is 0 Å². The van der Waals surface area contributed by atoms with Gasteiger partial charge in [0.05, 0.1) is 6.61 Å².